The van der Waals surface area contributed by atoms with Gasteiger partial charge in [0.15, 0.2) is 0 Å². The average Bonchev–Trinajstić information content (AvgIpc) is 2.00. The molecular weight excluding hydrogens is 176 g/mol. The lowest BCUT2D eigenvalue weighted by Gasteiger charge is -2.58. The van der Waals surface area contributed by atoms with Crippen molar-refractivity contribution >= 4 is 5.97 Å². The van der Waals surface area contributed by atoms with E-state index in [1.54, 1.807) is 0 Å². The molecule has 3 aliphatic carbocycles. The second-order valence-electron chi connectivity index (χ2n) is 5.20. The van der Waals surface area contributed by atoms with Crippen LogP contribution in [-0.2, 0) is 9.53 Å². The number of allylic oxidation sites excluding steroid dienone is 1. The number of hydrogen-bond donors (Lipinski definition) is 0. The molecule has 3 aliphatic rings. The summed E-state index contributed by atoms with van der Waals surface area (Å²) in [5, 5.41) is 0. The Kier molecular flexibility index (Phi) is 1.98. The average molecular weight is 194 g/mol. The van der Waals surface area contributed by atoms with Crippen molar-refractivity contribution in [2.45, 2.75) is 40.2 Å². The first-order valence-corrected chi connectivity index (χ1v) is 5.28. The predicted octanol–water partition coefficient (Wildman–Crippen LogP) is 2.54. The molecule has 0 saturated heterocycles. The topological polar surface area (TPSA) is 26.3 Å². The minimum Gasteiger partial charge on any atom is -0.458 e. The van der Waals surface area contributed by atoms with Gasteiger partial charge in [0.1, 0.15) is 6.10 Å². The van der Waals surface area contributed by atoms with Crippen molar-refractivity contribution in [2.75, 3.05) is 0 Å². The first kappa shape index (κ1) is 9.75. The number of fused-ring (bicyclic) bond motifs is 1. The van der Waals surface area contributed by atoms with Crippen molar-refractivity contribution in [3.63, 3.8) is 0 Å². The molecule has 0 radical (unpaired) electrons. The molecule has 0 aromatic rings. The van der Waals surface area contributed by atoms with Crippen LogP contribution in [0, 0.1) is 17.3 Å². The molecule has 0 aliphatic heterocycles. The van der Waals surface area contributed by atoms with Gasteiger partial charge in [-0.15, -0.1) is 0 Å². The van der Waals surface area contributed by atoms with Crippen LogP contribution >= 0.6 is 0 Å². The second kappa shape index (κ2) is 2.85. The Hall–Kier alpha value is -0.790. The second-order valence-corrected chi connectivity index (χ2v) is 5.20. The molecule has 14 heavy (non-hydrogen) atoms. The van der Waals surface area contributed by atoms with Gasteiger partial charge in [-0.25, -0.2) is 0 Å². The molecule has 0 aromatic carbocycles. The molecule has 2 bridgehead atoms. The van der Waals surface area contributed by atoms with Crippen LogP contribution < -0.4 is 0 Å². The maximum atomic E-state index is 10.9. The summed E-state index contributed by atoms with van der Waals surface area (Å²) in [5.74, 6) is 1.07. The van der Waals surface area contributed by atoms with Crippen LogP contribution in [0.3, 0.4) is 0 Å². The third-order valence-corrected chi connectivity index (χ3v) is 4.02. The number of hydrogen-bond acceptors (Lipinski definition) is 2. The standard InChI is InChI=1S/C12H18O2/c1-7-5-11(14-8(2)13)10-6-9(7)12(10,3)4/h5,9-11H,6H2,1-4H3/t9?,10?,11-/m0/s1. The van der Waals surface area contributed by atoms with E-state index >= 15 is 0 Å². The van der Waals surface area contributed by atoms with Gasteiger partial charge in [0.2, 0.25) is 0 Å². The van der Waals surface area contributed by atoms with Gasteiger partial charge in [0.25, 0.3) is 0 Å². The molecule has 0 heterocycles. The lowest BCUT2D eigenvalue weighted by atomic mass is 9.48. The summed E-state index contributed by atoms with van der Waals surface area (Å²) in [6.45, 7) is 8.19. The Morgan fingerprint density at radius 3 is 2.64 bits per heavy atom. The monoisotopic (exact) mass is 194 g/mol. The van der Waals surface area contributed by atoms with Crippen LogP contribution in [0.5, 0.6) is 0 Å². The molecule has 3 atom stereocenters. The molecule has 0 amide bonds. The number of rotatable bonds is 1. The van der Waals surface area contributed by atoms with Crippen molar-refractivity contribution < 1.29 is 9.53 Å². The highest BCUT2D eigenvalue weighted by atomic mass is 16.5. The Labute approximate surface area is 85.3 Å². The largest absolute Gasteiger partial charge is 0.458 e. The molecule has 2 heteroatoms. The minimum absolute atomic E-state index is 0.0208. The van der Waals surface area contributed by atoms with E-state index in [0.717, 1.165) is 0 Å². The van der Waals surface area contributed by atoms with Crippen molar-refractivity contribution in [2.24, 2.45) is 17.3 Å². The molecule has 1 saturated carbocycles. The first-order valence-electron chi connectivity index (χ1n) is 5.28. The van der Waals surface area contributed by atoms with Crippen LogP contribution in [0.2, 0.25) is 0 Å². The number of carbonyl (C=O) groups is 1. The SMILES string of the molecule is CC(=O)O[C@H]1C=C(C)C2CC1C2(C)C. The van der Waals surface area contributed by atoms with E-state index in [1.165, 1.54) is 18.9 Å². The molecule has 2 nitrogen and oxygen atoms in total. The van der Waals surface area contributed by atoms with E-state index < -0.39 is 0 Å². The Morgan fingerprint density at radius 2 is 2.21 bits per heavy atom. The van der Waals surface area contributed by atoms with E-state index in [-0.39, 0.29) is 12.1 Å². The summed E-state index contributed by atoms with van der Waals surface area (Å²) in [6.07, 6.45) is 3.34. The summed E-state index contributed by atoms with van der Waals surface area (Å²) in [6, 6.07) is 0. The van der Waals surface area contributed by atoms with Crippen LogP contribution in [0.15, 0.2) is 11.6 Å². The van der Waals surface area contributed by atoms with E-state index in [9.17, 15) is 4.79 Å². The highest BCUT2D eigenvalue weighted by Gasteiger charge is 2.55. The molecular formula is C12H18O2. The van der Waals surface area contributed by atoms with Gasteiger partial charge in [-0.1, -0.05) is 19.4 Å². The van der Waals surface area contributed by atoms with Crippen molar-refractivity contribution in [3.8, 4) is 0 Å². The fraction of sp³-hybridized carbons (Fsp3) is 0.750. The first-order chi connectivity index (χ1) is 6.43. The quantitative estimate of drug-likeness (QED) is 0.473. The van der Waals surface area contributed by atoms with Gasteiger partial charge < -0.3 is 4.74 Å². The molecule has 0 spiro atoms. The normalized spacial score (nSPS) is 38.3. The zero-order chi connectivity index (χ0) is 10.5. The summed E-state index contributed by atoms with van der Waals surface area (Å²) in [7, 11) is 0. The van der Waals surface area contributed by atoms with E-state index in [1.807, 2.05) is 0 Å². The lowest BCUT2D eigenvalue weighted by molar-refractivity contribution is -0.158. The molecule has 3 rings (SSSR count). The van der Waals surface area contributed by atoms with Gasteiger partial charge in [0.05, 0.1) is 0 Å². The van der Waals surface area contributed by atoms with E-state index in [2.05, 4.69) is 26.8 Å². The lowest BCUT2D eigenvalue weighted by Crippen LogP contribution is -2.54. The third kappa shape index (κ3) is 1.20. The minimum atomic E-state index is -0.166. The van der Waals surface area contributed by atoms with Crippen LogP contribution in [0.25, 0.3) is 0 Å². The predicted molar refractivity (Wildman–Crippen MR) is 54.7 cm³/mol. The molecule has 78 valence electrons. The summed E-state index contributed by atoms with van der Waals surface area (Å²) in [4.78, 5) is 10.9. The number of carbonyl (C=O) groups excluding carboxylic acids is 1. The maximum Gasteiger partial charge on any atom is 0.303 e. The smallest absolute Gasteiger partial charge is 0.303 e. The zero-order valence-electron chi connectivity index (χ0n) is 9.33. The van der Waals surface area contributed by atoms with Gasteiger partial charge in [-0.3, -0.25) is 4.79 Å². The van der Waals surface area contributed by atoms with Gasteiger partial charge >= 0.3 is 5.97 Å². The fourth-order valence-electron chi connectivity index (χ4n) is 3.09. The van der Waals surface area contributed by atoms with Crippen LogP contribution in [0.1, 0.15) is 34.1 Å². The van der Waals surface area contributed by atoms with Crippen molar-refractivity contribution in [3.05, 3.63) is 11.6 Å². The highest BCUT2D eigenvalue weighted by Crippen LogP contribution is 2.59. The van der Waals surface area contributed by atoms with Gasteiger partial charge in [0, 0.05) is 12.8 Å². The van der Waals surface area contributed by atoms with E-state index in [0.29, 0.717) is 17.3 Å². The molecule has 0 aromatic heterocycles. The highest BCUT2D eigenvalue weighted by molar-refractivity contribution is 5.66. The molecule has 0 N–H and O–H groups in total. The molecule has 1 fully saturated rings. The fourth-order valence-corrected chi connectivity index (χ4v) is 3.09. The number of ether oxygens (including phenoxy) is 1. The molecule has 2 unspecified atom stereocenters. The summed E-state index contributed by atoms with van der Waals surface area (Å²) < 4.78 is 5.33. The number of esters is 1. The Balaban J connectivity index is 2.21. The Bertz CT molecular complexity index is 301. The summed E-state index contributed by atoms with van der Waals surface area (Å²) >= 11 is 0. The zero-order valence-corrected chi connectivity index (χ0v) is 9.33. The van der Waals surface area contributed by atoms with Crippen LogP contribution in [0.4, 0.5) is 0 Å². The van der Waals surface area contributed by atoms with Gasteiger partial charge in [-0.05, 0) is 30.8 Å². The van der Waals surface area contributed by atoms with Crippen LogP contribution in [-0.4, -0.2) is 12.1 Å². The van der Waals surface area contributed by atoms with Crippen molar-refractivity contribution in [1.29, 1.82) is 0 Å². The maximum absolute atomic E-state index is 10.9. The van der Waals surface area contributed by atoms with E-state index in [4.69, 9.17) is 4.74 Å². The van der Waals surface area contributed by atoms with Gasteiger partial charge in [-0.2, -0.15) is 0 Å². The Morgan fingerprint density at radius 1 is 1.57 bits per heavy atom. The van der Waals surface area contributed by atoms with Crippen molar-refractivity contribution in [1.82, 2.24) is 0 Å². The summed E-state index contributed by atoms with van der Waals surface area (Å²) in [5.41, 5.74) is 1.71. The third-order valence-electron chi connectivity index (χ3n) is 4.02.